The maximum Gasteiger partial charge on any atom is 0.212 e. The molecular weight excluding hydrogens is 348 g/mol. The summed E-state index contributed by atoms with van der Waals surface area (Å²) in [5, 5.41) is 4.12. The van der Waals surface area contributed by atoms with Crippen LogP contribution in [0.3, 0.4) is 0 Å². The summed E-state index contributed by atoms with van der Waals surface area (Å²) in [5.74, 6) is 0.126. The molecule has 0 aliphatic heterocycles. The summed E-state index contributed by atoms with van der Waals surface area (Å²) < 4.78 is 0. The summed E-state index contributed by atoms with van der Waals surface area (Å²) >= 11 is 6.55. The average Bonchev–Trinajstić information content (AvgIpc) is 3.35. The molecule has 0 aliphatic rings. The minimum Gasteiger partial charge on any atom is -0.287 e. The van der Waals surface area contributed by atoms with Crippen molar-refractivity contribution in [3.05, 3.63) is 69.0 Å². The smallest absolute Gasteiger partial charge is 0.212 e. The first-order chi connectivity index (χ1) is 10.8. The molecule has 4 rings (SSSR count). The molecular formula is C17H10OS4. The maximum atomic E-state index is 12.6. The Morgan fingerprint density at radius 1 is 0.636 bits per heavy atom. The fourth-order valence-electron chi connectivity index (χ4n) is 2.14. The molecule has 0 aliphatic carbocycles. The van der Waals surface area contributed by atoms with E-state index in [0.29, 0.717) is 0 Å². The van der Waals surface area contributed by atoms with E-state index in [-0.39, 0.29) is 5.78 Å². The van der Waals surface area contributed by atoms with Crippen molar-refractivity contribution in [1.29, 1.82) is 0 Å². The van der Waals surface area contributed by atoms with Crippen molar-refractivity contribution in [3.8, 4) is 19.5 Å². The first kappa shape index (κ1) is 14.1. The van der Waals surface area contributed by atoms with Crippen LogP contribution in [0.2, 0.25) is 0 Å². The van der Waals surface area contributed by atoms with Gasteiger partial charge in [-0.05, 0) is 47.2 Å². The van der Waals surface area contributed by atoms with Crippen LogP contribution < -0.4 is 0 Å². The Balaban J connectivity index is 1.62. The lowest BCUT2D eigenvalue weighted by Crippen LogP contribution is -1.93. The molecule has 4 aromatic heterocycles. The summed E-state index contributed by atoms with van der Waals surface area (Å²) in [6.45, 7) is 0. The molecule has 0 N–H and O–H groups in total. The number of rotatable bonds is 4. The van der Waals surface area contributed by atoms with Gasteiger partial charge in [-0.25, -0.2) is 0 Å². The lowest BCUT2D eigenvalue weighted by molar-refractivity contribution is 0.104. The van der Waals surface area contributed by atoms with E-state index in [9.17, 15) is 4.79 Å². The van der Waals surface area contributed by atoms with Crippen LogP contribution in [-0.4, -0.2) is 5.78 Å². The standard InChI is InChI=1S/C17H10OS4/c18-17(15-7-5-13(21-15)11-3-1-9-19-11)16-8-6-14(22-16)12-4-2-10-20-12/h1-10H. The molecule has 0 radical (unpaired) electrons. The third-order valence-corrected chi connectivity index (χ3v) is 7.49. The van der Waals surface area contributed by atoms with Crippen LogP contribution in [-0.2, 0) is 0 Å². The predicted molar refractivity (Wildman–Crippen MR) is 98.7 cm³/mol. The van der Waals surface area contributed by atoms with Gasteiger partial charge in [0.25, 0.3) is 0 Å². The normalized spacial score (nSPS) is 10.9. The zero-order valence-corrected chi connectivity index (χ0v) is 14.6. The van der Waals surface area contributed by atoms with Gasteiger partial charge in [-0.15, -0.1) is 45.3 Å². The third-order valence-electron chi connectivity index (χ3n) is 3.19. The van der Waals surface area contributed by atoms with E-state index in [1.54, 1.807) is 45.3 Å². The van der Waals surface area contributed by atoms with Crippen molar-refractivity contribution in [2.75, 3.05) is 0 Å². The summed E-state index contributed by atoms with van der Waals surface area (Å²) in [6.07, 6.45) is 0. The van der Waals surface area contributed by atoms with Crippen LogP contribution in [0.5, 0.6) is 0 Å². The van der Waals surface area contributed by atoms with Crippen LogP contribution >= 0.6 is 45.3 Å². The van der Waals surface area contributed by atoms with Crippen molar-refractivity contribution in [2.45, 2.75) is 0 Å². The molecule has 0 aromatic carbocycles. The average molecular weight is 359 g/mol. The number of carbonyl (C=O) groups is 1. The largest absolute Gasteiger partial charge is 0.287 e. The Morgan fingerprint density at radius 3 is 1.55 bits per heavy atom. The SMILES string of the molecule is O=C(c1ccc(-c2cccs2)s1)c1ccc(-c2cccs2)s1. The van der Waals surface area contributed by atoms with E-state index in [4.69, 9.17) is 0 Å². The fraction of sp³-hybridized carbons (Fsp3) is 0. The van der Waals surface area contributed by atoms with E-state index < -0.39 is 0 Å². The Kier molecular flexibility index (Phi) is 3.80. The molecule has 0 amide bonds. The number of thiophene rings is 4. The Labute approximate surface area is 144 Å². The lowest BCUT2D eigenvalue weighted by Gasteiger charge is -1.93. The second-order valence-corrected chi connectivity index (χ2v) is 8.67. The second kappa shape index (κ2) is 5.93. The zero-order chi connectivity index (χ0) is 14.9. The predicted octanol–water partition coefficient (Wildman–Crippen LogP) is 6.50. The Bertz CT molecular complexity index is 820. The Morgan fingerprint density at radius 2 is 1.14 bits per heavy atom. The second-order valence-electron chi connectivity index (χ2n) is 4.61. The number of carbonyl (C=O) groups excluding carboxylic acids is 1. The molecule has 0 unspecified atom stereocenters. The van der Waals surface area contributed by atoms with Gasteiger partial charge in [-0.3, -0.25) is 4.79 Å². The minimum atomic E-state index is 0.126. The summed E-state index contributed by atoms with van der Waals surface area (Å²) in [5.41, 5.74) is 0. The molecule has 0 saturated heterocycles. The number of hydrogen-bond donors (Lipinski definition) is 0. The van der Waals surface area contributed by atoms with E-state index in [2.05, 4.69) is 22.9 Å². The van der Waals surface area contributed by atoms with Crippen LogP contribution in [0.4, 0.5) is 0 Å². The highest BCUT2D eigenvalue weighted by atomic mass is 32.1. The molecule has 0 bridgehead atoms. The first-order valence-corrected chi connectivity index (χ1v) is 10.0. The van der Waals surface area contributed by atoms with E-state index in [0.717, 1.165) is 19.5 Å². The van der Waals surface area contributed by atoms with Crippen LogP contribution in [0, 0.1) is 0 Å². The van der Waals surface area contributed by atoms with Crippen molar-refractivity contribution in [1.82, 2.24) is 0 Å². The van der Waals surface area contributed by atoms with Crippen LogP contribution in [0.25, 0.3) is 19.5 Å². The van der Waals surface area contributed by atoms with E-state index >= 15 is 0 Å². The highest BCUT2D eigenvalue weighted by Crippen LogP contribution is 2.35. The van der Waals surface area contributed by atoms with Gasteiger partial charge in [0, 0.05) is 19.5 Å². The van der Waals surface area contributed by atoms with Gasteiger partial charge in [-0.2, -0.15) is 0 Å². The fourth-order valence-corrected chi connectivity index (χ4v) is 5.80. The van der Waals surface area contributed by atoms with Crippen molar-refractivity contribution >= 4 is 51.1 Å². The zero-order valence-electron chi connectivity index (χ0n) is 11.3. The van der Waals surface area contributed by atoms with E-state index in [1.165, 1.54) is 9.75 Å². The molecule has 0 atom stereocenters. The molecule has 108 valence electrons. The quantitative estimate of drug-likeness (QED) is 0.381. The summed E-state index contributed by atoms with van der Waals surface area (Å²) in [7, 11) is 0. The lowest BCUT2D eigenvalue weighted by atomic mass is 10.2. The Hall–Kier alpha value is -1.53. The van der Waals surface area contributed by atoms with Crippen molar-refractivity contribution < 1.29 is 4.79 Å². The molecule has 4 aromatic rings. The topological polar surface area (TPSA) is 17.1 Å². The molecule has 0 fully saturated rings. The van der Waals surface area contributed by atoms with Crippen molar-refractivity contribution in [3.63, 3.8) is 0 Å². The highest BCUT2D eigenvalue weighted by Gasteiger charge is 2.16. The maximum absolute atomic E-state index is 12.6. The van der Waals surface area contributed by atoms with Crippen LogP contribution in [0.1, 0.15) is 14.5 Å². The number of ketones is 1. The minimum absolute atomic E-state index is 0.126. The van der Waals surface area contributed by atoms with Gasteiger partial charge in [0.05, 0.1) is 9.75 Å². The van der Waals surface area contributed by atoms with Gasteiger partial charge in [0.15, 0.2) is 0 Å². The summed E-state index contributed by atoms with van der Waals surface area (Å²) in [6, 6.07) is 16.2. The monoisotopic (exact) mass is 358 g/mol. The third kappa shape index (κ3) is 2.61. The van der Waals surface area contributed by atoms with Gasteiger partial charge >= 0.3 is 0 Å². The van der Waals surface area contributed by atoms with Gasteiger partial charge in [0.2, 0.25) is 5.78 Å². The van der Waals surface area contributed by atoms with Crippen LogP contribution in [0.15, 0.2) is 59.3 Å². The highest BCUT2D eigenvalue weighted by molar-refractivity contribution is 7.24. The van der Waals surface area contributed by atoms with Crippen molar-refractivity contribution in [2.24, 2.45) is 0 Å². The molecule has 0 spiro atoms. The van der Waals surface area contributed by atoms with Gasteiger partial charge in [-0.1, -0.05) is 12.1 Å². The number of hydrogen-bond acceptors (Lipinski definition) is 5. The molecule has 5 heteroatoms. The molecule has 4 heterocycles. The van der Waals surface area contributed by atoms with Gasteiger partial charge < -0.3 is 0 Å². The summed E-state index contributed by atoms with van der Waals surface area (Å²) in [4.78, 5) is 19.0. The molecule has 22 heavy (non-hydrogen) atoms. The van der Waals surface area contributed by atoms with Gasteiger partial charge in [0.1, 0.15) is 0 Å². The van der Waals surface area contributed by atoms with E-state index in [1.807, 2.05) is 36.4 Å². The molecule has 1 nitrogen and oxygen atoms in total. The molecule has 0 saturated carbocycles. The first-order valence-electron chi connectivity index (χ1n) is 6.63.